The van der Waals surface area contributed by atoms with Gasteiger partial charge in [0.1, 0.15) is 6.29 Å². The second kappa shape index (κ2) is 18.0. The van der Waals surface area contributed by atoms with E-state index in [-0.39, 0.29) is 6.04 Å². The fourth-order valence-electron chi connectivity index (χ4n) is 0.832. The van der Waals surface area contributed by atoms with Gasteiger partial charge in [-0.2, -0.15) is 0 Å². The van der Waals surface area contributed by atoms with E-state index in [1.54, 1.807) is 0 Å². The van der Waals surface area contributed by atoms with Gasteiger partial charge in [0.05, 0.1) is 6.04 Å². The molecule has 0 rings (SSSR count). The summed E-state index contributed by atoms with van der Waals surface area (Å²) >= 11 is 1.34. The Morgan fingerprint density at radius 1 is 1.06 bits per heavy atom. The fourth-order valence-corrected chi connectivity index (χ4v) is 1.30. The molecule has 0 aliphatic heterocycles. The maximum atomic E-state index is 9.92. The molecule has 1 unspecified atom stereocenters. The number of nitrogens with two attached hydrogens (primary N) is 1. The highest BCUT2D eigenvalue weighted by Gasteiger charge is 2.01. The molecule has 0 saturated heterocycles. The van der Waals surface area contributed by atoms with Crippen molar-refractivity contribution in [2.75, 3.05) is 5.75 Å². The predicted molar refractivity (Wildman–Crippen MR) is 78.9 cm³/mol. The van der Waals surface area contributed by atoms with Crippen molar-refractivity contribution in [2.45, 2.75) is 54.0 Å². The predicted octanol–water partition coefficient (Wildman–Crippen LogP) is 3.15. The zero-order valence-electron chi connectivity index (χ0n) is 12.1. The van der Waals surface area contributed by atoms with Crippen LogP contribution in [-0.2, 0) is 9.59 Å². The number of carbonyl (C=O) groups is 2. The molecule has 0 aliphatic rings. The van der Waals surface area contributed by atoms with Crippen molar-refractivity contribution in [3.8, 4) is 0 Å². The van der Waals surface area contributed by atoms with Crippen LogP contribution in [0.1, 0.15) is 48.0 Å². The molecule has 0 aromatic carbocycles. The van der Waals surface area contributed by atoms with Gasteiger partial charge in [-0.15, -0.1) is 0 Å². The smallest absolute Gasteiger partial charge is 0.176 e. The number of thioether (sulfide) groups is 1. The largest absolute Gasteiger partial charge is 0.322 e. The van der Waals surface area contributed by atoms with E-state index in [0.29, 0.717) is 11.8 Å². The first-order chi connectivity index (χ1) is 7.93. The minimum atomic E-state index is -0.255. The third-order valence-electron chi connectivity index (χ3n) is 1.42. The molecule has 0 radical (unpaired) electrons. The summed E-state index contributed by atoms with van der Waals surface area (Å²) in [4.78, 5) is 19.6. The summed E-state index contributed by atoms with van der Waals surface area (Å²) in [6.45, 7) is 12.3. The first kappa shape index (κ1) is 21.9. The first-order valence-corrected chi connectivity index (χ1v) is 7.25. The van der Waals surface area contributed by atoms with Gasteiger partial charge in [-0.1, -0.05) is 53.3 Å². The van der Waals surface area contributed by atoms with Gasteiger partial charge in [-0.3, -0.25) is 4.79 Å². The third kappa shape index (κ3) is 31.3. The molecular weight excluding hydrogens is 234 g/mol. The average Bonchev–Trinajstić information content (AvgIpc) is 2.29. The summed E-state index contributed by atoms with van der Waals surface area (Å²) in [5.74, 6) is 2.11. The van der Waals surface area contributed by atoms with Crippen molar-refractivity contribution in [2.24, 2.45) is 17.6 Å². The highest BCUT2D eigenvalue weighted by atomic mass is 32.2. The summed E-state index contributed by atoms with van der Waals surface area (Å²) in [5, 5.41) is 0. The Morgan fingerprint density at radius 3 is 1.65 bits per heavy atom. The lowest BCUT2D eigenvalue weighted by Crippen LogP contribution is -2.23. The zero-order chi connectivity index (χ0) is 14.3. The van der Waals surface area contributed by atoms with Crippen LogP contribution in [0.15, 0.2) is 0 Å². The van der Waals surface area contributed by atoms with E-state index < -0.39 is 0 Å². The average molecular weight is 263 g/mol. The lowest BCUT2D eigenvalue weighted by Gasteiger charge is -2.04. The van der Waals surface area contributed by atoms with Crippen LogP contribution in [0.5, 0.6) is 0 Å². The second-order valence-corrected chi connectivity index (χ2v) is 5.11. The van der Waals surface area contributed by atoms with Crippen LogP contribution in [0.25, 0.3) is 0 Å². The van der Waals surface area contributed by atoms with Gasteiger partial charge >= 0.3 is 0 Å². The number of carbonyl (C=O) groups excluding carboxylic acids is 2. The molecule has 0 saturated carbocycles. The van der Waals surface area contributed by atoms with E-state index >= 15 is 0 Å². The van der Waals surface area contributed by atoms with Crippen molar-refractivity contribution in [1.29, 1.82) is 0 Å². The van der Waals surface area contributed by atoms with Crippen LogP contribution in [-0.4, -0.2) is 23.7 Å². The van der Waals surface area contributed by atoms with E-state index in [1.807, 2.05) is 27.7 Å². The SMILES string of the molecule is CC.CC(C)CC(N)C=O.CC(C)CSC=O. The molecule has 3 nitrogen and oxygen atoms in total. The van der Waals surface area contributed by atoms with E-state index in [2.05, 4.69) is 13.8 Å². The number of rotatable bonds is 6. The van der Waals surface area contributed by atoms with Crippen molar-refractivity contribution < 1.29 is 9.59 Å². The number of hydrogen-bond donors (Lipinski definition) is 1. The Morgan fingerprint density at radius 2 is 1.53 bits per heavy atom. The minimum Gasteiger partial charge on any atom is -0.322 e. The zero-order valence-corrected chi connectivity index (χ0v) is 12.9. The van der Waals surface area contributed by atoms with Crippen LogP contribution in [0.4, 0.5) is 0 Å². The molecule has 0 amide bonds. The summed E-state index contributed by atoms with van der Waals surface area (Å²) in [5.41, 5.74) is 6.19. The number of hydrogen-bond acceptors (Lipinski definition) is 4. The normalized spacial score (nSPS) is 10.9. The maximum Gasteiger partial charge on any atom is 0.176 e. The van der Waals surface area contributed by atoms with E-state index in [1.165, 1.54) is 11.8 Å². The number of aldehydes is 1. The van der Waals surface area contributed by atoms with E-state index in [9.17, 15) is 9.59 Å². The molecular formula is C13H29NO2S. The molecule has 0 fully saturated rings. The van der Waals surface area contributed by atoms with E-state index in [4.69, 9.17) is 5.73 Å². The first-order valence-electron chi connectivity index (χ1n) is 6.20. The molecule has 104 valence electrons. The summed E-state index contributed by atoms with van der Waals surface area (Å²) < 4.78 is 0. The standard InChI is InChI=1S/C6H13NO.C5H10OS.C2H6/c1-5(2)3-6(7)4-8;1-5(2)3-7-4-6;1-2/h4-6H,3,7H2,1-2H3;4-5H,3H2,1-2H3;1-2H3. The highest BCUT2D eigenvalue weighted by Crippen LogP contribution is 2.01. The van der Waals surface area contributed by atoms with Gasteiger partial charge in [0.15, 0.2) is 5.62 Å². The van der Waals surface area contributed by atoms with Gasteiger partial charge in [0.2, 0.25) is 0 Å². The molecule has 17 heavy (non-hydrogen) atoms. The topological polar surface area (TPSA) is 60.2 Å². The van der Waals surface area contributed by atoms with E-state index in [0.717, 1.165) is 24.1 Å². The van der Waals surface area contributed by atoms with Gasteiger partial charge < -0.3 is 10.5 Å². The Bertz CT molecular complexity index is 161. The molecule has 1 atom stereocenters. The van der Waals surface area contributed by atoms with Crippen molar-refractivity contribution in [1.82, 2.24) is 0 Å². The summed E-state index contributed by atoms with van der Waals surface area (Å²) in [7, 11) is 0. The van der Waals surface area contributed by atoms with Crippen molar-refractivity contribution in [3.63, 3.8) is 0 Å². The third-order valence-corrected chi connectivity index (χ3v) is 2.41. The van der Waals surface area contributed by atoms with Gasteiger partial charge in [0.25, 0.3) is 0 Å². The van der Waals surface area contributed by atoms with Gasteiger partial charge in [-0.05, 0) is 18.3 Å². The molecule has 2 N–H and O–H groups in total. The van der Waals surface area contributed by atoms with Crippen LogP contribution in [0.2, 0.25) is 0 Å². The highest BCUT2D eigenvalue weighted by molar-refractivity contribution is 8.11. The fraction of sp³-hybridized carbons (Fsp3) is 0.846. The quantitative estimate of drug-likeness (QED) is 0.748. The summed E-state index contributed by atoms with van der Waals surface area (Å²) in [6.07, 6.45) is 1.59. The van der Waals surface area contributed by atoms with Crippen molar-refractivity contribution >= 4 is 23.7 Å². The van der Waals surface area contributed by atoms with Crippen LogP contribution in [0.3, 0.4) is 0 Å². The van der Waals surface area contributed by atoms with Gasteiger partial charge in [-0.25, -0.2) is 0 Å². The van der Waals surface area contributed by atoms with Crippen LogP contribution in [0, 0.1) is 11.8 Å². The molecule has 0 aromatic heterocycles. The lowest BCUT2D eigenvalue weighted by atomic mass is 10.1. The Labute approximate surface area is 111 Å². The molecule has 0 heterocycles. The van der Waals surface area contributed by atoms with Crippen LogP contribution < -0.4 is 5.73 Å². The van der Waals surface area contributed by atoms with Gasteiger partial charge in [0, 0.05) is 5.75 Å². The molecule has 0 spiro atoms. The van der Waals surface area contributed by atoms with Crippen LogP contribution >= 0.6 is 11.8 Å². The monoisotopic (exact) mass is 263 g/mol. The Kier molecular flexibility index (Phi) is 23.2. The second-order valence-electron chi connectivity index (χ2n) is 4.25. The maximum absolute atomic E-state index is 9.92. The Balaban J connectivity index is -0.000000202. The van der Waals surface area contributed by atoms with Crippen molar-refractivity contribution in [3.05, 3.63) is 0 Å². The molecule has 4 heteroatoms. The molecule has 0 bridgehead atoms. The minimum absolute atomic E-state index is 0.255. The Hall–Kier alpha value is -0.350. The molecule has 0 aromatic rings. The summed E-state index contributed by atoms with van der Waals surface area (Å²) in [6, 6.07) is -0.255. The molecule has 0 aliphatic carbocycles. The lowest BCUT2D eigenvalue weighted by molar-refractivity contribution is -0.109.